The quantitative estimate of drug-likeness (QED) is 0.710. The number of fused-ring (bicyclic) bond motifs is 1. The Morgan fingerprint density at radius 2 is 2.00 bits per heavy atom. The molecular formula is C14H23NO3. The summed E-state index contributed by atoms with van der Waals surface area (Å²) < 4.78 is 11.2. The smallest absolute Gasteiger partial charge is 0.225 e. The molecule has 0 aliphatic carbocycles. The largest absolute Gasteiger partial charge is 0.381 e. The Bertz CT molecular complexity index is 314. The van der Waals surface area contributed by atoms with Crippen molar-refractivity contribution in [3.05, 3.63) is 0 Å². The molecule has 0 spiro atoms. The van der Waals surface area contributed by atoms with Crippen LogP contribution in [0.1, 0.15) is 32.6 Å². The lowest BCUT2D eigenvalue weighted by molar-refractivity contribution is -0.141. The summed E-state index contributed by atoms with van der Waals surface area (Å²) in [6, 6.07) is 0. The second-order valence-corrected chi connectivity index (χ2v) is 5.94. The van der Waals surface area contributed by atoms with E-state index in [4.69, 9.17) is 9.47 Å². The van der Waals surface area contributed by atoms with Crippen LogP contribution in [-0.2, 0) is 14.3 Å². The van der Waals surface area contributed by atoms with Gasteiger partial charge in [0.15, 0.2) is 0 Å². The summed E-state index contributed by atoms with van der Waals surface area (Å²) in [6.07, 6.45) is 4.70. The Balaban J connectivity index is 1.58. The molecule has 3 atom stereocenters. The van der Waals surface area contributed by atoms with E-state index in [0.29, 0.717) is 24.0 Å². The van der Waals surface area contributed by atoms with Gasteiger partial charge < -0.3 is 14.4 Å². The number of carbonyl (C=O) groups is 1. The molecule has 3 rings (SSSR count). The van der Waals surface area contributed by atoms with Gasteiger partial charge in [0, 0.05) is 38.1 Å². The molecule has 102 valence electrons. The fraction of sp³-hybridized carbons (Fsp3) is 0.929. The highest BCUT2D eigenvalue weighted by molar-refractivity contribution is 5.79. The van der Waals surface area contributed by atoms with Crippen molar-refractivity contribution >= 4 is 5.91 Å². The van der Waals surface area contributed by atoms with Crippen LogP contribution in [0.25, 0.3) is 0 Å². The minimum absolute atomic E-state index is 0.204. The number of carbonyl (C=O) groups excluding carboxylic acids is 1. The summed E-state index contributed by atoms with van der Waals surface area (Å²) in [5, 5.41) is 0. The predicted molar refractivity (Wildman–Crippen MR) is 67.2 cm³/mol. The van der Waals surface area contributed by atoms with Crippen LogP contribution in [-0.4, -0.2) is 49.3 Å². The number of rotatable bonds is 1. The van der Waals surface area contributed by atoms with Crippen LogP contribution in [0.2, 0.25) is 0 Å². The van der Waals surface area contributed by atoms with Crippen molar-refractivity contribution < 1.29 is 14.3 Å². The maximum atomic E-state index is 12.5. The van der Waals surface area contributed by atoms with Crippen molar-refractivity contribution in [3.63, 3.8) is 0 Å². The number of ether oxygens (including phenoxy) is 2. The number of piperidine rings is 1. The van der Waals surface area contributed by atoms with Crippen LogP contribution in [0.15, 0.2) is 0 Å². The molecule has 0 radical (unpaired) electrons. The van der Waals surface area contributed by atoms with Crippen LogP contribution < -0.4 is 0 Å². The fourth-order valence-corrected chi connectivity index (χ4v) is 3.60. The second-order valence-electron chi connectivity index (χ2n) is 5.94. The molecule has 4 nitrogen and oxygen atoms in total. The van der Waals surface area contributed by atoms with Crippen molar-refractivity contribution in [2.75, 3.05) is 26.3 Å². The van der Waals surface area contributed by atoms with E-state index in [1.54, 1.807) is 0 Å². The number of amides is 1. The Labute approximate surface area is 109 Å². The van der Waals surface area contributed by atoms with Crippen molar-refractivity contribution in [2.45, 2.75) is 44.8 Å². The zero-order valence-corrected chi connectivity index (χ0v) is 11.1. The standard InChI is InChI=1S/C14H23NO3/c1-10-8-12-9-15(5-2-13(12)18-10)14(16)11-3-6-17-7-4-11/h10-13H,2-9H2,1H3/t10-,12-,13-/m1/s1. The Kier molecular flexibility index (Phi) is 3.57. The van der Waals surface area contributed by atoms with Gasteiger partial charge in [-0.15, -0.1) is 0 Å². The third-order valence-electron chi connectivity index (χ3n) is 4.59. The van der Waals surface area contributed by atoms with Gasteiger partial charge in [-0.25, -0.2) is 0 Å². The molecule has 18 heavy (non-hydrogen) atoms. The molecule has 0 unspecified atom stereocenters. The number of nitrogens with zero attached hydrogens (tertiary/aromatic N) is 1. The molecule has 0 aromatic rings. The Morgan fingerprint density at radius 3 is 2.78 bits per heavy atom. The van der Waals surface area contributed by atoms with E-state index in [9.17, 15) is 4.79 Å². The predicted octanol–water partition coefficient (Wildman–Crippen LogP) is 1.44. The molecule has 4 heteroatoms. The molecule has 3 fully saturated rings. The number of hydrogen-bond donors (Lipinski definition) is 0. The Hall–Kier alpha value is -0.610. The van der Waals surface area contributed by atoms with E-state index in [1.807, 2.05) is 0 Å². The van der Waals surface area contributed by atoms with Gasteiger partial charge in [0.05, 0.1) is 12.2 Å². The first-order valence-corrected chi connectivity index (χ1v) is 7.26. The van der Waals surface area contributed by atoms with Crippen molar-refractivity contribution in [3.8, 4) is 0 Å². The number of likely N-dealkylation sites (tertiary alicyclic amines) is 1. The SMILES string of the molecule is C[C@@H]1C[C@@H]2CN(C(=O)C3CCOCC3)CC[C@H]2O1. The van der Waals surface area contributed by atoms with Crippen molar-refractivity contribution in [2.24, 2.45) is 11.8 Å². The first-order chi connectivity index (χ1) is 8.74. The first kappa shape index (κ1) is 12.4. The fourth-order valence-electron chi connectivity index (χ4n) is 3.60. The third-order valence-corrected chi connectivity index (χ3v) is 4.59. The molecule has 0 bridgehead atoms. The molecular weight excluding hydrogens is 230 g/mol. The van der Waals surface area contributed by atoms with Crippen LogP contribution in [0.3, 0.4) is 0 Å². The van der Waals surface area contributed by atoms with E-state index >= 15 is 0 Å². The van der Waals surface area contributed by atoms with Crippen LogP contribution in [0.5, 0.6) is 0 Å². The van der Waals surface area contributed by atoms with Gasteiger partial charge >= 0.3 is 0 Å². The lowest BCUT2D eigenvalue weighted by Crippen LogP contribution is -2.47. The molecule has 0 aromatic heterocycles. The highest BCUT2D eigenvalue weighted by Gasteiger charge is 2.39. The van der Waals surface area contributed by atoms with Gasteiger partial charge in [0.1, 0.15) is 0 Å². The Morgan fingerprint density at radius 1 is 1.22 bits per heavy atom. The maximum Gasteiger partial charge on any atom is 0.225 e. The molecule has 3 saturated heterocycles. The molecule has 0 aromatic carbocycles. The summed E-state index contributed by atoms with van der Waals surface area (Å²) in [6.45, 7) is 5.42. The molecule has 3 heterocycles. The molecule has 1 amide bonds. The van der Waals surface area contributed by atoms with E-state index in [1.165, 1.54) is 0 Å². The first-order valence-electron chi connectivity index (χ1n) is 7.26. The lowest BCUT2D eigenvalue weighted by atomic mass is 9.91. The zero-order valence-electron chi connectivity index (χ0n) is 11.1. The summed E-state index contributed by atoms with van der Waals surface area (Å²) in [5.41, 5.74) is 0. The number of hydrogen-bond acceptors (Lipinski definition) is 3. The van der Waals surface area contributed by atoms with Gasteiger partial charge in [-0.3, -0.25) is 4.79 Å². The van der Waals surface area contributed by atoms with Crippen molar-refractivity contribution in [1.82, 2.24) is 4.90 Å². The van der Waals surface area contributed by atoms with Gasteiger partial charge in [0.2, 0.25) is 5.91 Å². The molecule has 0 N–H and O–H groups in total. The topological polar surface area (TPSA) is 38.8 Å². The highest BCUT2D eigenvalue weighted by atomic mass is 16.5. The summed E-state index contributed by atoms with van der Waals surface area (Å²) >= 11 is 0. The third kappa shape index (κ3) is 2.41. The van der Waals surface area contributed by atoms with Crippen molar-refractivity contribution in [1.29, 1.82) is 0 Å². The molecule has 3 aliphatic rings. The summed E-state index contributed by atoms with van der Waals surface area (Å²) in [4.78, 5) is 14.5. The van der Waals surface area contributed by atoms with Crippen LogP contribution in [0, 0.1) is 11.8 Å². The maximum absolute atomic E-state index is 12.5. The second kappa shape index (κ2) is 5.17. The van der Waals surface area contributed by atoms with Gasteiger partial charge in [-0.05, 0) is 32.6 Å². The minimum Gasteiger partial charge on any atom is -0.381 e. The van der Waals surface area contributed by atoms with Crippen LogP contribution >= 0.6 is 0 Å². The van der Waals surface area contributed by atoms with E-state index in [2.05, 4.69) is 11.8 Å². The van der Waals surface area contributed by atoms with E-state index in [-0.39, 0.29) is 5.92 Å². The lowest BCUT2D eigenvalue weighted by Gasteiger charge is -2.36. The van der Waals surface area contributed by atoms with E-state index < -0.39 is 0 Å². The highest BCUT2D eigenvalue weighted by Crippen LogP contribution is 2.33. The van der Waals surface area contributed by atoms with Gasteiger partial charge in [-0.1, -0.05) is 0 Å². The average Bonchev–Trinajstić information content (AvgIpc) is 2.78. The minimum atomic E-state index is 0.204. The summed E-state index contributed by atoms with van der Waals surface area (Å²) in [5.74, 6) is 1.13. The monoisotopic (exact) mass is 253 g/mol. The molecule has 0 saturated carbocycles. The molecule has 3 aliphatic heterocycles. The van der Waals surface area contributed by atoms with Crippen LogP contribution in [0.4, 0.5) is 0 Å². The van der Waals surface area contributed by atoms with Gasteiger partial charge in [-0.2, -0.15) is 0 Å². The van der Waals surface area contributed by atoms with Gasteiger partial charge in [0.25, 0.3) is 0 Å². The normalized spacial score (nSPS) is 37.6. The zero-order chi connectivity index (χ0) is 12.5. The summed E-state index contributed by atoms with van der Waals surface area (Å²) in [7, 11) is 0. The van der Waals surface area contributed by atoms with E-state index in [0.717, 1.165) is 52.0 Å². The average molecular weight is 253 g/mol.